The van der Waals surface area contributed by atoms with E-state index in [1.54, 1.807) is 0 Å². The molecule has 0 aromatic heterocycles. The zero-order chi connectivity index (χ0) is 23.8. The normalized spacial score (nSPS) is 28.0. The number of carbonyl (C=O) groups excluding carboxylic acids is 1. The van der Waals surface area contributed by atoms with Crippen LogP contribution in [0.3, 0.4) is 0 Å². The van der Waals surface area contributed by atoms with E-state index in [2.05, 4.69) is 10.0 Å². The molecule has 2 fully saturated rings. The fraction of sp³-hybridized carbons (Fsp3) is 0.480. The predicted molar refractivity (Wildman–Crippen MR) is 123 cm³/mol. The summed E-state index contributed by atoms with van der Waals surface area (Å²) in [5, 5.41) is 3.66. The van der Waals surface area contributed by atoms with Crippen LogP contribution in [0.1, 0.15) is 24.5 Å². The highest BCUT2D eigenvalue weighted by molar-refractivity contribution is 5.65. The molecule has 2 aliphatic rings. The van der Waals surface area contributed by atoms with Gasteiger partial charge < -0.3 is 23.7 Å². The molecular weight excluding hydrogens is 438 g/mol. The van der Waals surface area contributed by atoms with Crippen LogP contribution in [0.5, 0.6) is 0 Å². The first-order chi connectivity index (χ1) is 16.6. The van der Waals surface area contributed by atoms with Crippen LogP contribution in [0.15, 0.2) is 65.8 Å². The summed E-state index contributed by atoms with van der Waals surface area (Å²) in [5.74, 6) is -0.392. The molecule has 5 atom stereocenters. The third kappa shape index (κ3) is 5.94. The number of benzene rings is 2. The van der Waals surface area contributed by atoms with Crippen LogP contribution in [-0.4, -0.2) is 55.7 Å². The second-order valence-corrected chi connectivity index (χ2v) is 8.55. The summed E-state index contributed by atoms with van der Waals surface area (Å²) in [6, 6.07) is 19.7. The van der Waals surface area contributed by atoms with E-state index in [-0.39, 0.29) is 25.9 Å². The van der Waals surface area contributed by atoms with Gasteiger partial charge in [-0.1, -0.05) is 65.8 Å². The van der Waals surface area contributed by atoms with Crippen LogP contribution in [-0.2, 0) is 41.7 Å². The lowest BCUT2D eigenvalue weighted by Crippen LogP contribution is -2.46. The van der Waals surface area contributed by atoms with Crippen molar-refractivity contribution in [2.75, 3.05) is 19.8 Å². The number of hydrogen-bond donors (Lipinski definition) is 0. The lowest BCUT2D eigenvalue weighted by molar-refractivity contribution is -0.150. The lowest BCUT2D eigenvalue weighted by atomic mass is 9.91. The molecule has 9 heteroatoms. The summed E-state index contributed by atoms with van der Waals surface area (Å²) in [4.78, 5) is 14.4. The van der Waals surface area contributed by atoms with Crippen LogP contribution in [0.2, 0.25) is 0 Å². The molecule has 0 N–H and O–H groups in total. The van der Waals surface area contributed by atoms with Crippen LogP contribution >= 0.6 is 0 Å². The maximum atomic E-state index is 11.5. The van der Waals surface area contributed by atoms with Gasteiger partial charge in [0.2, 0.25) is 0 Å². The standard InChI is InChI=1S/C25H29N3O6/c1-18(29)30-16-22-23(31-14-19-8-4-2-5-9-19)24(32-15-20-10-6-3-7-11-20)25(34-22)12-21(33-17-25)13-27-28-26/h2-11,21-24H,12-17H2,1H3/t21-,22-,23-,24+,25+/m1/s1. The zero-order valence-corrected chi connectivity index (χ0v) is 19.1. The summed E-state index contributed by atoms with van der Waals surface area (Å²) in [6.45, 7) is 2.60. The first-order valence-corrected chi connectivity index (χ1v) is 11.3. The molecule has 2 aromatic rings. The lowest BCUT2D eigenvalue weighted by Gasteiger charge is -2.30. The van der Waals surface area contributed by atoms with E-state index < -0.39 is 29.9 Å². The number of hydrogen-bond acceptors (Lipinski definition) is 7. The van der Waals surface area contributed by atoms with Gasteiger partial charge in [0.1, 0.15) is 30.5 Å². The highest BCUT2D eigenvalue weighted by Gasteiger charge is 2.60. The van der Waals surface area contributed by atoms with Gasteiger partial charge in [0.05, 0.1) is 32.5 Å². The first kappa shape index (κ1) is 24.2. The number of nitrogens with zero attached hydrogens (tertiary/aromatic N) is 3. The van der Waals surface area contributed by atoms with Gasteiger partial charge >= 0.3 is 5.97 Å². The van der Waals surface area contributed by atoms with Crippen molar-refractivity contribution >= 4 is 5.97 Å². The number of azide groups is 1. The van der Waals surface area contributed by atoms with E-state index in [9.17, 15) is 4.79 Å². The van der Waals surface area contributed by atoms with Crippen molar-refractivity contribution in [1.29, 1.82) is 0 Å². The average Bonchev–Trinajstić information content (AvgIpc) is 3.40. The summed E-state index contributed by atoms with van der Waals surface area (Å²) < 4.78 is 30.5. The molecule has 2 aromatic carbocycles. The summed E-state index contributed by atoms with van der Waals surface area (Å²) in [5.41, 5.74) is 9.93. The third-order valence-corrected chi connectivity index (χ3v) is 6.06. The molecule has 0 amide bonds. The SMILES string of the molecule is CC(=O)OC[C@H]1O[C@@]2(CO[C@@H](CN=[N+]=[N-])C2)[C@@H](OCc2ccccc2)[C@@H]1OCc1ccccc1. The Labute approximate surface area is 198 Å². The maximum absolute atomic E-state index is 11.5. The Hall–Kier alpha value is -2.94. The second kappa shape index (κ2) is 11.5. The van der Waals surface area contributed by atoms with Crippen molar-refractivity contribution < 1.29 is 28.5 Å². The molecule has 180 valence electrons. The van der Waals surface area contributed by atoms with Gasteiger partial charge in [-0.05, 0) is 16.7 Å². The Bertz CT molecular complexity index is 985. The molecule has 0 bridgehead atoms. The van der Waals surface area contributed by atoms with E-state index >= 15 is 0 Å². The largest absolute Gasteiger partial charge is 0.463 e. The molecule has 2 aliphatic heterocycles. The minimum atomic E-state index is -0.809. The highest BCUT2D eigenvalue weighted by Crippen LogP contribution is 2.43. The highest BCUT2D eigenvalue weighted by atomic mass is 16.6. The van der Waals surface area contributed by atoms with E-state index in [1.807, 2.05) is 60.7 Å². The van der Waals surface area contributed by atoms with Gasteiger partial charge in [-0.3, -0.25) is 4.79 Å². The Morgan fingerprint density at radius 1 is 1.09 bits per heavy atom. The third-order valence-electron chi connectivity index (χ3n) is 6.06. The number of rotatable bonds is 10. The Balaban J connectivity index is 1.57. The van der Waals surface area contributed by atoms with Crippen LogP contribution in [0.4, 0.5) is 0 Å². The smallest absolute Gasteiger partial charge is 0.302 e. The molecule has 0 aliphatic carbocycles. The Morgan fingerprint density at radius 2 is 1.74 bits per heavy atom. The van der Waals surface area contributed by atoms with Crippen molar-refractivity contribution in [1.82, 2.24) is 0 Å². The van der Waals surface area contributed by atoms with Crippen molar-refractivity contribution in [3.63, 3.8) is 0 Å². The second-order valence-electron chi connectivity index (χ2n) is 8.55. The average molecular weight is 468 g/mol. The van der Waals surface area contributed by atoms with Gasteiger partial charge in [-0.15, -0.1) is 0 Å². The Kier molecular flexibility index (Phi) is 8.16. The molecule has 34 heavy (non-hydrogen) atoms. The topological polar surface area (TPSA) is 112 Å². The van der Waals surface area contributed by atoms with E-state index in [1.165, 1.54) is 6.92 Å². The number of carbonyl (C=O) groups is 1. The monoisotopic (exact) mass is 467 g/mol. The summed E-state index contributed by atoms with van der Waals surface area (Å²) >= 11 is 0. The quantitative estimate of drug-likeness (QED) is 0.226. The predicted octanol–water partition coefficient (Wildman–Crippen LogP) is 3.96. The van der Waals surface area contributed by atoms with Gasteiger partial charge in [0, 0.05) is 18.3 Å². The minimum Gasteiger partial charge on any atom is -0.463 e. The van der Waals surface area contributed by atoms with E-state index in [4.69, 9.17) is 29.2 Å². The zero-order valence-electron chi connectivity index (χ0n) is 19.1. The summed E-state index contributed by atoms with van der Waals surface area (Å²) in [7, 11) is 0. The molecule has 4 rings (SSSR count). The van der Waals surface area contributed by atoms with Crippen LogP contribution in [0.25, 0.3) is 10.4 Å². The van der Waals surface area contributed by atoms with Gasteiger partial charge in [-0.25, -0.2) is 0 Å². The molecule has 0 radical (unpaired) electrons. The van der Waals surface area contributed by atoms with Crippen molar-refractivity contribution in [2.45, 2.75) is 56.6 Å². The maximum Gasteiger partial charge on any atom is 0.302 e. The van der Waals surface area contributed by atoms with Gasteiger partial charge in [0.15, 0.2) is 0 Å². The van der Waals surface area contributed by atoms with Crippen LogP contribution < -0.4 is 0 Å². The first-order valence-electron chi connectivity index (χ1n) is 11.3. The van der Waals surface area contributed by atoms with Gasteiger partial charge in [0.25, 0.3) is 0 Å². The number of esters is 1. The Morgan fingerprint density at radius 3 is 2.35 bits per heavy atom. The van der Waals surface area contributed by atoms with Crippen molar-refractivity contribution in [3.8, 4) is 0 Å². The molecule has 1 spiro atoms. The molecule has 9 nitrogen and oxygen atoms in total. The summed E-state index contributed by atoms with van der Waals surface area (Å²) in [6.07, 6.45) is -1.32. The van der Waals surface area contributed by atoms with E-state index in [0.717, 1.165) is 11.1 Å². The van der Waals surface area contributed by atoms with Gasteiger partial charge in [-0.2, -0.15) is 0 Å². The molecular formula is C25H29N3O6. The molecule has 2 heterocycles. The minimum absolute atomic E-state index is 0.0444. The molecule has 2 saturated heterocycles. The van der Waals surface area contributed by atoms with Crippen molar-refractivity contribution in [3.05, 3.63) is 82.2 Å². The fourth-order valence-corrected chi connectivity index (χ4v) is 4.51. The fourth-order valence-electron chi connectivity index (χ4n) is 4.51. The molecule has 0 unspecified atom stereocenters. The van der Waals surface area contributed by atoms with Crippen molar-refractivity contribution in [2.24, 2.45) is 5.11 Å². The number of ether oxygens (including phenoxy) is 5. The molecule has 0 saturated carbocycles. The van der Waals surface area contributed by atoms with E-state index in [0.29, 0.717) is 19.6 Å². The van der Waals surface area contributed by atoms with Crippen LogP contribution in [0, 0.1) is 0 Å².